The zero-order chi connectivity index (χ0) is 9.14. The first kappa shape index (κ1) is 9.90. The molecule has 1 aromatic carbocycles. The molecule has 0 heterocycles. The van der Waals surface area contributed by atoms with Crippen LogP contribution in [0.25, 0.3) is 0 Å². The molecule has 0 spiro atoms. The molecule has 1 N–H and O–H groups in total. The molecule has 4 heteroatoms. The molecule has 0 radical (unpaired) electrons. The Labute approximate surface area is 85.6 Å². The zero-order valence-corrected chi connectivity index (χ0v) is 8.72. The van der Waals surface area contributed by atoms with Gasteiger partial charge in [-0.05, 0) is 18.4 Å². The second-order valence-electron chi connectivity index (χ2n) is 2.16. The lowest BCUT2D eigenvalue weighted by Gasteiger charge is -2.01. The van der Waals surface area contributed by atoms with Crippen LogP contribution in [0.5, 0.6) is 0 Å². The molecule has 0 saturated heterocycles. The SMILES string of the molecule is CSC(=N)c1ccc(Cl)c(Cl)c1. The Balaban J connectivity index is 3.05. The van der Waals surface area contributed by atoms with Gasteiger partial charge < -0.3 is 0 Å². The van der Waals surface area contributed by atoms with E-state index in [1.165, 1.54) is 11.8 Å². The van der Waals surface area contributed by atoms with Crippen molar-refractivity contribution < 1.29 is 0 Å². The number of rotatable bonds is 1. The fourth-order valence-electron chi connectivity index (χ4n) is 0.755. The Morgan fingerprint density at radius 3 is 2.50 bits per heavy atom. The maximum Gasteiger partial charge on any atom is 0.0940 e. The molecule has 0 aliphatic rings. The van der Waals surface area contributed by atoms with E-state index >= 15 is 0 Å². The minimum absolute atomic E-state index is 0.493. The number of hydrogen-bond acceptors (Lipinski definition) is 2. The molecule has 0 aliphatic heterocycles. The molecule has 0 bridgehead atoms. The number of benzene rings is 1. The molecule has 1 rings (SSSR count). The molecule has 0 atom stereocenters. The van der Waals surface area contributed by atoms with E-state index in [9.17, 15) is 0 Å². The predicted molar refractivity (Wildman–Crippen MR) is 56.8 cm³/mol. The minimum Gasteiger partial charge on any atom is -0.293 e. The molecular weight excluding hydrogens is 213 g/mol. The van der Waals surface area contributed by atoms with Crippen LogP contribution >= 0.6 is 35.0 Å². The largest absolute Gasteiger partial charge is 0.293 e. The normalized spacial score (nSPS) is 9.92. The third kappa shape index (κ3) is 2.16. The van der Waals surface area contributed by atoms with Gasteiger partial charge in [0.15, 0.2) is 0 Å². The van der Waals surface area contributed by atoms with Gasteiger partial charge in [0.1, 0.15) is 0 Å². The van der Waals surface area contributed by atoms with E-state index in [2.05, 4.69) is 0 Å². The van der Waals surface area contributed by atoms with Crippen molar-refractivity contribution in [3.05, 3.63) is 33.8 Å². The summed E-state index contributed by atoms with van der Waals surface area (Å²) in [5.74, 6) is 0. The Hall–Kier alpha value is -0.180. The molecule has 12 heavy (non-hydrogen) atoms. The van der Waals surface area contributed by atoms with Crippen LogP contribution in [0.4, 0.5) is 0 Å². The van der Waals surface area contributed by atoms with Gasteiger partial charge in [0.2, 0.25) is 0 Å². The van der Waals surface area contributed by atoms with Gasteiger partial charge in [-0.1, -0.05) is 29.3 Å². The van der Waals surface area contributed by atoms with E-state index < -0.39 is 0 Å². The summed E-state index contributed by atoms with van der Waals surface area (Å²) < 4.78 is 0. The van der Waals surface area contributed by atoms with Crippen molar-refractivity contribution >= 4 is 40.0 Å². The summed E-state index contributed by atoms with van der Waals surface area (Å²) in [6.07, 6.45) is 1.85. The average molecular weight is 220 g/mol. The highest BCUT2D eigenvalue weighted by Gasteiger charge is 2.02. The minimum atomic E-state index is 0.493. The van der Waals surface area contributed by atoms with E-state index in [1.54, 1.807) is 18.2 Å². The summed E-state index contributed by atoms with van der Waals surface area (Å²) in [7, 11) is 0. The van der Waals surface area contributed by atoms with Gasteiger partial charge in [-0.2, -0.15) is 0 Å². The molecule has 0 aliphatic carbocycles. The van der Waals surface area contributed by atoms with E-state index in [4.69, 9.17) is 28.6 Å². The summed E-state index contributed by atoms with van der Waals surface area (Å²) >= 11 is 12.9. The topological polar surface area (TPSA) is 23.9 Å². The van der Waals surface area contributed by atoms with Gasteiger partial charge in [-0.3, -0.25) is 5.41 Å². The third-order valence-corrected chi connectivity index (χ3v) is 2.77. The van der Waals surface area contributed by atoms with Crippen LogP contribution in [-0.4, -0.2) is 11.3 Å². The van der Waals surface area contributed by atoms with Crippen LogP contribution in [0.1, 0.15) is 5.56 Å². The van der Waals surface area contributed by atoms with Crippen LogP contribution in [0.2, 0.25) is 10.0 Å². The van der Waals surface area contributed by atoms with Crippen LogP contribution in [-0.2, 0) is 0 Å². The Bertz CT molecular complexity index is 312. The average Bonchev–Trinajstić information content (AvgIpc) is 2.08. The number of halogens is 2. The summed E-state index contributed by atoms with van der Waals surface area (Å²) in [5.41, 5.74) is 0.803. The van der Waals surface area contributed by atoms with Gasteiger partial charge in [0.05, 0.1) is 15.1 Å². The first-order chi connectivity index (χ1) is 5.65. The highest BCUT2D eigenvalue weighted by Crippen LogP contribution is 2.23. The third-order valence-electron chi connectivity index (χ3n) is 1.39. The first-order valence-corrected chi connectivity index (χ1v) is 5.21. The van der Waals surface area contributed by atoms with Crippen molar-refractivity contribution in [1.82, 2.24) is 0 Å². The van der Waals surface area contributed by atoms with Crippen molar-refractivity contribution in [3.63, 3.8) is 0 Å². The number of hydrogen-bond donors (Lipinski definition) is 1. The second-order valence-corrected chi connectivity index (χ2v) is 3.79. The van der Waals surface area contributed by atoms with Crippen molar-refractivity contribution in [2.24, 2.45) is 0 Å². The van der Waals surface area contributed by atoms with Gasteiger partial charge >= 0.3 is 0 Å². The highest BCUT2D eigenvalue weighted by atomic mass is 35.5. The lowest BCUT2D eigenvalue weighted by molar-refractivity contribution is 1.53. The molecule has 0 aromatic heterocycles. The summed E-state index contributed by atoms with van der Waals surface area (Å²) in [6.45, 7) is 0. The fourth-order valence-corrected chi connectivity index (χ4v) is 1.42. The lowest BCUT2D eigenvalue weighted by atomic mass is 10.2. The quantitative estimate of drug-likeness (QED) is 0.566. The Morgan fingerprint density at radius 1 is 1.33 bits per heavy atom. The molecule has 0 saturated carbocycles. The fraction of sp³-hybridized carbons (Fsp3) is 0.125. The Kier molecular flexibility index (Phi) is 3.44. The Morgan fingerprint density at radius 2 is 2.00 bits per heavy atom. The number of nitrogens with one attached hydrogen (secondary N) is 1. The van der Waals surface area contributed by atoms with Crippen LogP contribution in [0.3, 0.4) is 0 Å². The van der Waals surface area contributed by atoms with Crippen molar-refractivity contribution in [1.29, 1.82) is 5.41 Å². The zero-order valence-electron chi connectivity index (χ0n) is 6.40. The molecule has 1 nitrogen and oxygen atoms in total. The molecule has 0 amide bonds. The van der Waals surface area contributed by atoms with E-state index in [0.717, 1.165) is 5.56 Å². The van der Waals surface area contributed by atoms with Gasteiger partial charge in [0, 0.05) is 5.56 Å². The lowest BCUT2D eigenvalue weighted by Crippen LogP contribution is -1.91. The molecular formula is C8H7Cl2NS. The van der Waals surface area contributed by atoms with E-state index in [-0.39, 0.29) is 0 Å². The first-order valence-electron chi connectivity index (χ1n) is 3.23. The smallest absolute Gasteiger partial charge is 0.0940 e. The standard InChI is InChI=1S/C8H7Cl2NS/c1-12-8(11)5-2-3-6(9)7(10)4-5/h2-4,11H,1H3. The monoisotopic (exact) mass is 219 g/mol. The summed E-state index contributed by atoms with van der Waals surface area (Å²) in [4.78, 5) is 0. The van der Waals surface area contributed by atoms with E-state index in [0.29, 0.717) is 15.1 Å². The van der Waals surface area contributed by atoms with Crippen molar-refractivity contribution in [3.8, 4) is 0 Å². The van der Waals surface area contributed by atoms with Gasteiger partial charge in [-0.25, -0.2) is 0 Å². The van der Waals surface area contributed by atoms with Crippen molar-refractivity contribution in [2.75, 3.05) is 6.26 Å². The van der Waals surface area contributed by atoms with E-state index in [1.807, 2.05) is 6.26 Å². The van der Waals surface area contributed by atoms with Gasteiger partial charge in [-0.15, -0.1) is 11.8 Å². The van der Waals surface area contributed by atoms with Crippen molar-refractivity contribution in [2.45, 2.75) is 0 Å². The second kappa shape index (κ2) is 4.17. The summed E-state index contributed by atoms with van der Waals surface area (Å²) in [5, 5.41) is 9.02. The van der Waals surface area contributed by atoms with Crippen LogP contribution < -0.4 is 0 Å². The maximum absolute atomic E-state index is 7.51. The molecule has 0 unspecified atom stereocenters. The summed E-state index contributed by atoms with van der Waals surface area (Å²) in [6, 6.07) is 5.18. The molecule has 0 fully saturated rings. The number of thioether (sulfide) groups is 1. The molecule has 1 aromatic rings. The van der Waals surface area contributed by atoms with Crippen LogP contribution in [0.15, 0.2) is 18.2 Å². The van der Waals surface area contributed by atoms with Crippen LogP contribution in [0, 0.1) is 5.41 Å². The maximum atomic E-state index is 7.51. The van der Waals surface area contributed by atoms with Gasteiger partial charge in [0.25, 0.3) is 0 Å². The highest BCUT2D eigenvalue weighted by molar-refractivity contribution is 8.13. The predicted octanol–water partition coefficient (Wildman–Crippen LogP) is 3.68. The molecule has 64 valence electrons.